The van der Waals surface area contributed by atoms with E-state index in [9.17, 15) is 9.59 Å². The monoisotopic (exact) mass is 186 g/mol. The molecule has 0 aromatic carbocycles. The molecule has 5 heteroatoms. The number of carbonyl (C=O) groups excluding carboxylic acids is 2. The zero-order valence-electron chi connectivity index (χ0n) is 7.02. The average Bonchev–Trinajstić information content (AvgIpc) is 2.15. The Morgan fingerprint density at radius 1 is 0.846 bits per heavy atom. The van der Waals surface area contributed by atoms with Gasteiger partial charge in [0.1, 0.15) is 13.2 Å². The smallest absolute Gasteiger partial charge is 0.331 e. The molecule has 0 bridgehead atoms. The largest absolute Gasteiger partial charge is 0.460 e. The third kappa shape index (κ3) is 4.27. The molecule has 1 aliphatic rings. The summed E-state index contributed by atoms with van der Waals surface area (Å²) < 4.78 is 14.3. The molecule has 0 aromatic heterocycles. The van der Waals surface area contributed by atoms with Crippen molar-refractivity contribution in [3.05, 3.63) is 12.2 Å². The lowest BCUT2D eigenvalue weighted by atomic mass is 10.5. The molecular formula is C8H10O5. The van der Waals surface area contributed by atoms with Crippen LogP contribution in [-0.4, -0.2) is 38.4 Å². The van der Waals surface area contributed by atoms with Crippen molar-refractivity contribution >= 4 is 11.9 Å². The lowest BCUT2D eigenvalue weighted by Crippen LogP contribution is -2.10. The minimum absolute atomic E-state index is 0.192. The predicted molar refractivity (Wildman–Crippen MR) is 41.9 cm³/mol. The fraction of sp³-hybridized carbons (Fsp3) is 0.500. The first kappa shape index (κ1) is 9.73. The fourth-order valence-electron chi connectivity index (χ4n) is 0.737. The van der Waals surface area contributed by atoms with Crippen LogP contribution in [0.2, 0.25) is 0 Å². The predicted octanol–water partition coefficient (Wildman–Crippen LogP) is -0.341. The molecule has 13 heavy (non-hydrogen) atoms. The first-order valence-corrected chi connectivity index (χ1v) is 3.88. The van der Waals surface area contributed by atoms with Crippen molar-refractivity contribution in [2.24, 2.45) is 0 Å². The summed E-state index contributed by atoms with van der Waals surface area (Å²) in [7, 11) is 0. The summed E-state index contributed by atoms with van der Waals surface area (Å²) in [6.07, 6.45) is 2.07. The summed E-state index contributed by atoms with van der Waals surface area (Å²) in [4.78, 5) is 21.6. The highest BCUT2D eigenvalue weighted by atomic mass is 16.6. The third-order valence-corrected chi connectivity index (χ3v) is 1.30. The Labute approximate surface area is 75.3 Å². The van der Waals surface area contributed by atoms with Gasteiger partial charge in [0, 0.05) is 12.2 Å². The number of esters is 2. The van der Waals surface area contributed by atoms with Crippen LogP contribution in [0.4, 0.5) is 0 Å². The molecule has 1 rings (SSSR count). The van der Waals surface area contributed by atoms with E-state index in [1.807, 2.05) is 0 Å². The highest BCUT2D eigenvalue weighted by Crippen LogP contribution is 1.89. The molecule has 0 unspecified atom stereocenters. The Morgan fingerprint density at radius 2 is 1.31 bits per heavy atom. The van der Waals surface area contributed by atoms with Gasteiger partial charge in [-0.2, -0.15) is 0 Å². The minimum Gasteiger partial charge on any atom is -0.460 e. The van der Waals surface area contributed by atoms with Gasteiger partial charge in [0.05, 0.1) is 13.2 Å². The van der Waals surface area contributed by atoms with Crippen molar-refractivity contribution in [1.29, 1.82) is 0 Å². The zero-order valence-corrected chi connectivity index (χ0v) is 7.02. The number of cyclic esters (lactones) is 2. The van der Waals surface area contributed by atoms with E-state index >= 15 is 0 Å². The number of hydrogen-bond donors (Lipinski definition) is 0. The molecule has 1 aliphatic heterocycles. The Kier molecular flexibility index (Phi) is 3.98. The van der Waals surface area contributed by atoms with Crippen molar-refractivity contribution in [3.8, 4) is 0 Å². The van der Waals surface area contributed by atoms with E-state index in [1.54, 1.807) is 0 Å². The van der Waals surface area contributed by atoms with Gasteiger partial charge in [-0.1, -0.05) is 0 Å². The molecule has 0 radical (unpaired) electrons. The molecule has 0 saturated heterocycles. The molecular weight excluding hydrogens is 176 g/mol. The van der Waals surface area contributed by atoms with Gasteiger partial charge in [0.2, 0.25) is 0 Å². The van der Waals surface area contributed by atoms with Gasteiger partial charge in [-0.3, -0.25) is 0 Å². The van der Waals surface area contributed by atoms with E-state index in [4.69, 9.17) is 4.74 Å². The maximum absolute atomic E-state index is 10.8. The molecule has 0 spiro atoms. The molecule has 0 aliphatic carbocycles. The van der Waals surface area contributed by atoms with E-state index in [-0.39, 0.29) is 13.2 Å². The van der Waals surface area contributed by atoms with Crippen LogP contribution in [0.5, 0.6) is 0 Å². The van der Waals surface area contributed by atoms with Gasteiger partial charge in [0.15, 0.2) is 0 Å². The third-order valence-electron chi connectivity index (χ3n) is 1.30. The molecule has 0 amide bonds. The first-order chi connectivity index (χ1) is 6.29. The zero-order chi connectivity index (χ0) is 9.52. The summed E-state index contributed by atoms with van der Waals surface area (Å²) in [5.41, 5.74) is 0. The minimum atomic E-state index is -0.567. The van der Waals surface area contributed by atoms with Crippen LogP contribution in [0.3, 0.4) is 0 Å². The van der Waals surface area contributed by atoms with Crippen molar-refractivity contribution in [2.45, 2.75) is 0 Å². The second-order valence-electron chi connectivity index (χ2n) is 2.28. The fourth-order valence-corrected chi connectivity index (χ4v) is 0.737. The number of ether oxygens (including phenoxy) is 3. The van der Waals surface area contributed by atoms with Gasteiger partial charge in [-0.15, -0.1) is 0 Å². The maximum Gasteiger partial charge on any atom is 0.331 e. The van der Waals surface area contributed by atoms with Gasteiger partial charge >= 0.3 is 11.9 Å². The van der Waals surface area contributed by atoms with Crippen LogP contribution in [0.1, 0.15) is 0 Å². The highest BCUT2D eigenvalue weighted by Gasteiger charge is 2.02. The molecule has 0 fully saturated rings. The van der Waals surface area contributed by atoms with Crippen LogP contribution in [-0.2, 0) is 23.8 Å². The molecule has 0 N–H and O–H groups in total. The molecule has 72 valence electrons. The summed E-state index contributed by atoms with van der Waals surface area (Å²) in [5.74, 6) is -1.13. The van der Waals surface area contributed by atoms with Crippen molar-refractivity contribution in [1.82, 2.24) is 0 Å². The molecule has 0 atom stereocenters. The van der Waals surface area contributed by atoms with Crippen molar-refractivity contribution < 1.29 is 23.8 Å². The summed E-state index contributed by atoms with van der Waals surface area (Å²) in [6, 6.07) is 0. The van der Waals surface area contributed by atoms with Gasteiger partial charge in [-0.05, 0) is 0 Å². The Hall–Kier alpha value is -1.36. The molecule has 0 saturated carbocycles. The van der Waals surface area contributed by atoms with Gasteiger partial charge in [-0.25, -0.2) is 9.59 Å². The van der Waals surface area contributed by atoms with E-state index in [2.05, 4.69) is 9.47 Å². The van der Waals surface area contributed by atoms with E-state index in [0.717, 1.165) is 12.2 Å². The summed E-state index contributed by atoms with van der Waals surface area (Å²) >= 11 is 0. The molecule has 5 nitrogen and oxygen atoms in total. The van der Waals surface area contributed by atoms with E-state index < -0.39 is 11.9 Å². The lowest BCUT2D eigenvalue weighted by molar-refractivity contribution is -0.139. The average molecular weight is 186 g/mol. The molecule has 1 heterocycles. The quantitative estimate of drug-likeness (QED) is 0.484. The van der Waals surface area contributed by atoms with E-state index in [0.29, 0.717) is 13.2 Å². The van der Waals surface area contributed by atoms with Crippen LogP contribution < -0.4 is 0 Å². The van der Waals surface area contributed by atoms with Crippen LogP contribution in [0, 0.1) is 0 Å². The standard InChI is InChI=1S/C8H10O5/c9-7-1-2-8(10)13-6-4-11-3-5-12-7/h1-2H,3-6H2. The Bertz CT molecular complexity index is 199. The number of hydrogen-bond acceptors (Lipinski definition) is 5. The highest BCUT2D eigenvalue weighted by molar-refractivity contribution is 5.91. The van der Waals surface area contributed by atoms with Crippen molar-refractivity contribution in [3.63, 3.8) is 0 Å². The van der Waals surface area contributed by atoms with Crippen LogP contribution in [0.15, 0.2) is 12.2 Å². The Balaban J connectivity index is 2.46. The topological polar surface area (TPSA) is 61.8 Å². The van der Waals surface area contributed by atoms with Gasteiger partial charge < -0.3 is 14.2 Å². The maximum atomic E-state index is 10.8. The van der Waals surface area contributed by atoms with E-state index in [1.165, 1.54) is 0 Å². The normalized spacial score (nSPS) is 20.0. The number of carbonyl (C=O) groups is 2. The number of rotatable bonds is 0. The first-order valence-electron chi connectivity index (χ1n) is 3.88. The Morgan fingerprint density at radius 3 is 1.77 bits per heavy atom. The summed E-state index contributed by atoms with van der Waals surface area (Å²) in [6.45, 7) is 1.02. The van der Waals surface area contributed by atoms with Crippen LogP contribution >= 0.6 is 0 Å². The van der Waals surface area contributed by atoms with Gasteiger partial charge in [0.25, 0.3) is 0 Å². The molecule has 0 aromatic rings. The summed E-state index contributed by atoms with van der Waals surface area (Å²) in [5, 5.41) is 0. The van der Waals surface area contributed by atoms with Crippen LogP contribution in [0.25, 0.3) is 0 Å². The lowest BCUT2D eigenvalue weighted by Gasteiger charge is -2.02. The van der Waals surface area contributed by atoms with Crippen molar-refractivity contribution in [2.75, 3.05) is 26.4 Å². The SMILES string of the molecule is O=C1C=CC(=O)OCCOCCO1. The second-order valence-corrected chi connectivity index (χ2v) is 2.28. The second kappa shape index (κ2) is 5.31.